The van der Waals surface area contributed by atoms with Gasteiger partial charge in [-0.2, -0.15) is 0 Å². The number of fused-ring (bicyclic) bond motifs is 1. The molecule has 184 valence electrons. The maximum absolute atomic E-state index is 13.0. The largest absolute Gasteiger partial charge is 0.356 e. The summed E-state index contributed by atoms with van der Waals surface area (Å²) in [5.74, 6) is 1.55. The Morgan fingerprint density at radius 1 is 1.00 bits per heavy atom. The van der Waals surface area contributed by atoms with Crippen molar-refractivity contribution in [2.45, 2.75) is 46.6 Å². The summed E-state index contributed by atoms with van der Waals surface area (Å²) < 4.78 is 13.0. The van der Waals surface area contributed by atoms with Crippen LogP contribution in [-0.4, -0.2) is 29.9 Å². The van der Waals surface area contributed by atoms with E-state index < -0.39 is 0 Å². The molecule has 0 radical (unpaired) electrons. The molecule has 6 nitrogen and oxygen atoms in total. The van der Waals surface area contributed by atoms with Gasteiger partial charge in [-0.25, -0.2) is 9.37 Å². The standard InChI is InChI=1S/C28H33FN4O2/c1-18-12-19(2)17-33(16-18)26-13-20(3)24-14-23(8-9-25(24)32-26)31-28(35)11-10-27(34)30-15-21-4-6-22(29)7-5-21/h4-9,13-14,18-19H,10-12,15-17H2,1-3H3,(H,30,34)(H,31,35)/t18-,19-/m0/s1. The van der Waals surface area contributed by atoms with E-state index in [1.54, 1.807) is 12.1 Å². The lowest BCUT2D eigenvalue weighted by atomic mass is 9.92. The Kier molecular flexibility index (Phi) is 7.63. The van der Waals surface area contributed by atoms with E-state index in [4.69, 9.17) is 4.98 Å². The fourth-order valence-corrected chi connectivity index (χ4v) is 4.81. The smallest absolute Gasteiger partial charge is 0.224 e. The predicted octanol–water partition coefficient (Wildman–Crippen LogP) is 5.20. The molecule has 0 aliphatic carbocycles. The van der Waals surface area contributed by atoms with E-state index >= 15 is 0 Å². The molecule has 1 aliphatic rings. The molecule has 4 rings (SSSR count). The van der Waals surface area contributed by atoms with Gasteiger partial charge >= 0.3 is 0 Å². The van der Waals surface area contributed by atoms with Crippen molar-refractivity contribution in [2.75, 3.05) is 23.3 Å². The predicted molar refractivity (Wildman–Crippen MR) is 138 cm³/mol. The first-order valence-corrected chi connectivity index (χ1v) is 12.2. The van der Waals surface area contributed by atoms with Crippen molar-refractivity contribution in [3.05, 3.63) is 65.5 Å². The number of aryl methyl sites for hydroxylation is 1. The van der Waals surface area contributed by atoms with Crippen LogP contribution in [0.2, 0.25) is 0 Å². The summed E-state index contributed by atoms with van der Waals surface area (Å²) in [5, 5.41) is 6.64. The molecule has 0 spiro atoms. The third-order valence-electron chi connectivity index (χ3n) is 6.46. The molecule has 1 fully saturated rings. The molecule has 35 heavy (non-hydrogen) atoms. The Bertz CT molecular complexity index is 1200. The number of carbonyl (C=O) groups excluding carboxylic acids is 2. The molecule has 7 heteroatoms. The molecule has 2 aromatic carbocycles. The molecule has 2 heterocycles. The van der Waals surface area contributed by atoms with Crippen molar-refractivity contribution in [1.82, 2.24) is 10.3 Å². The van der Waals surface area contributed by atoms with E-state index in [0.29, 0.717) is 24.1 Å². The van der Waals surface area contributed by atoms with Gasteiger partial charge in [0.2, 0.25) is 11.8 Å². The maximum Gasteiger partial charge on any atom is 0.224 e. The highest BCUT2D eigenvalue weighted by Gasteiger charge is 2.23. The molecule has 1 aromatic heterocycles. The van der Waals surface area contributed by atoms with E-state index in [1.807, 2.05) is 18.2 Å². The number of benzene rings is 2. The summed E-state index contributed by atoms with van der Waals surface area (Å²) >= 11 is 0. The highest BCUT2D eigenvalue weighted by molar-refractivity contribution is 5.96. The van der Waals surface area contributed by atoms with E-state index in [2.05, 4.69) is 42.4 Å². The van der Waals surface area contributed by atoms with Gasteiger partial charge in [-0.15, -0.1) is 0 Å². The lowest BCUT2D eigenvalue weighted by Gasteiger charge is -2.36. The number of anilines is 2. The van der Waals surface area contributed by atoms with Crippen LogP contribution in [0.25, 0.3) is 10.9 Å². The number of nitrogens with zero attached hydrogens (tertiary/aromatic N) is 2. The molecule has 2 amide bonds. The van der Waals surface area contributed by atoms with Crippen molar-refractivity contribution in [3.8, 4) is 0 Å². The van der Waals surface area contributed by atoms with Gasteiger partial charge in [-0.1, -0.05) is 26.0 Å². The molecule has 0 saturated carbocycles. The van der Waals surface area contributed by atoms with Crippen molar-refractivity contribution in [1.29, 1.82) is 0 Å². The van der Waals surface area contributed by atoms with Crippen LogP contribution < -0.4 is 15.5 Å². The zero-order valence-electron chi connectivity index (χ0n) is 20.6. The summed E-state index contributed by atoms with van der Waals surface area (Å²) in [5.41, 5.74) is 3.51. The highest BCUT2D eigenvalue weighted by atomic mass is 19.1. The summed E-state index contributed by atoms with van der Waals surface area (Å²) in [6.45, 7) is 9.00. The number of halogens is 1. The minimum Gasteiger partial charge on any atom is -0.356 e. The van der Waals surface area contributed by atoms with Crippen molar-refractivity contribution in [2.24, 2.45) is 11.8 Å². The van der Waals surface area contributed by atoms with E-state index in [1.165, 1.54) is 18.6 Å². The quantitative estimate of drug-likeness (QED) is 0.492. The second-order valence-electron chi connectivity index (χ2n) is 9.83. The molecular formula is C28H33FN4O2. The Morgan fingerprint density at radius 2 is 1.69 bits per heavy atom. The van der Waals surface area contributed by atoms with Gasteiger partial charge in [0.1, 0.15) is 11.6 Å². The topological polar surface area (TPSA) is 74.3 Å². The Hall–Kier alpha value is -3.48. The average Bonchev–Trinajstić information content (AvgIpc) is 2.82. The third kappa shape index (κ3) is 6.56. The van der Waals surface area contributed by atoms with Gasteiger partial charge in [0.15, 0.2) is 0 Å². The van der Waals surface area contributed by atoms with E-state index in [-0.39, 0.29) is 30.5 Å². The fourth-order valence-electron chi connectivity index (χ4n) is 4.81. The second-order valence-corrected chi connectivity index (χ2v) is 9.83. The van der Waals surface area contributed by atoms with Gasteiger partial charge in [0.05, 0.1) is 5.52 Å². The van der Waals surface area contributed by atoms with Crippen LogP contribution in [0.5, 0.6) is 0 Å². The molecule has 3 aromatic rings. The number of nitrogens with one attached hydrogen (secondary N) is 2. The van der Waals surface area contributed by atoms with Crippen molar-refractivity contribution < 1.29 is 14.0 Å². The van der Waals surface area contributed by atoms with Crippen LogP contribution in [0.3, 0.4) is 0 Å². The SMILES string of the molecule is Cc1cc(N2C[C@@H](C)C[C@H](C)C2)nc2ccc(NC(=O)CCC(=O)NCc3ccc(F)cc3)cc12. The van der Waals surface area contributed by atoms with Crippen LogP contribution >= 0.6 is 0 Å². The van der Waals surface area contributed by atoms with Crippen LogP contribution in [0.4, 0.5) is 15.9 Å². The number of piperidine rings is 1. The number of hydrogen-bond donors (Lipinski definition) is 2. The van der Waals surface area contributed by atoms with Crippen LogP contribution in [-0.2, 0) is 16.1 Å². The molecule has 0 unspecified atom stereocenters. The summed E-state index contributed by atoms with van der Waals surface area (Å²) in [6.07, 6.45) is 1.41. The lowest BCUT2D eigenvalue weighted by molar-refractivity contribution is -0.124. The van der Waals surface area contributed by atoms with Crippen molar-refractivity contribution >= 4 is 34.2 Å². The monoisotopic (exact) mass is 476 g/mol. The third-order valence-corrected chi connectivity index (χ3v) is 6.46. The maximum atomic E-state index is 13.0. The number of hydrogen-bond acceptors (Lipinski definition) is 4. The van der Waals surface area contributed by atoms with Gasteiger partial charge < -0.3 is 15.5 Å². The number of carbonyl (C=O) groups is 2. The summed E-state index contributed by atoms with van der Waals surface area (Å²) in [4.78, 5) is 31.8. The van der Waals surface area contributed by atoms with E-state index in [0.717, 1.165) is 40.9 Å². The number of amides is 2. The molecule has 1 aliphatic heterocycles. The number of pyridine rings is 1. The Morgan fingerprint density at radius 3 is 2.40 bits per heavy atom. The average molecular weight is 477 g/mol. The number of aromatic nitrogens is 1. The first kappa shape index (κ1) is 24.6. The zero-order chi connectivity index (χ0) is 24.9. The highest BCUT2D eigenvalue weighted by Crippen LogP contribution is 2.29. The Labute approximate surface area is 205 Å². The molecular weight excluding hydrogens is 443 g/mol. The van der Waals surface area contributed by atoms with E-state index in [9.17, 15) is 14.0 Å². The number of rotatable bonds is 7. The first-order valence-electron chi connectivity index (χ1n) is 12.2. The molecule has 2 N–H and O–H groups in total. The minimum atomic E-state index is -0.317. The van der Waals surface area contributed by atoms with Gasteiger partial charge in [0, 0.05) is 43.5 Å². The van der Waals surface area contributed by atoms with Gasteiger partial charge in [0.25, 0.3) is 0 Å². The lowest BCUT2D eigenvalue weighted by Crippen LogP contribution is -2.39. The molecule has 2 atom stereocenters. The van der Waals surface area contributed by atoms with Crippen LogP contribution in [0.1, 0.15) is 44.2 Å². The van der Waals surface area contributed by atoms with Gasteiger partial charge in [-0.05, 0) is 72.7 Å². The van der Waals surface area contributed by atoms with Gasteiger partial charge in [-0.3, -0.25) is 9.59 Å². The minimum absolute atomic E-state index is 0.0782. The normalized spacial score (nSPS) is 17.9. The molecule has 1 saturated heterocycles. The second kappa shape index (κ2) is 10.8. The first-order chi connectivity index (χ1) is 16.8. The molecule has 0 bridgehead atoms. The van der Waals surface area contributed by atoms with Crippen LogP contribution in [0.15, 0.2) is 48.5 Å². The van der Waals surface area contributed by atoms with Crippen molar-refractivity contribution in [3.63, 3.8) is 0 Å². The zero-order valence-corrected chi connectivity index (χ0v) is 20.6. The summed E-state index contributed by atoms with van der Waals surface area (Å²) in [7, 11) is 0. The van der Waals surface area contributed by atoms with Crippen LogP contribution in [0, 0.1) is 24.6 Å². The fraction of sp³-hybridized carbons (Fsp3) is 0.393. The Balaban J connectivity index is 1.33. The summed E-state index contributed by atoms with van der Waals surface area (Å²) in [6, 6.07) is 13.8.